The van der Waals surface area contributed by atoms with Crippen LogP contribution in [0.2, 0.25) is 0 Å². The minimum atomic E-state index is -0.107. The SMILES string of the molecule is CC(=O)Nc1ccc(Nc2cc(C(=O)NC3CCCCC3)ccn2)cc1. The van der Waals surface area contributed by atoms with Crippen LogP contribution in [0.4, 0.5) is 17.2 Å². The van der Waals surface area contributed by atoms with Gasteiger partial charge in [-0.15, -0.1) is 0 Å². The van der Waals surface area contributed by atoms with E-state index < -0.39 is 0 Å². The van der Waals surface area contributed by atoms with Crippen molar-refractivity contribution in [1.82, 2.24) is 10.3 Å². The average molecular weight is 352 g/mol. The quantitative estimate of drug-likeness (QED) is 0.763. The van der Waals surface area contributed by atoms with Gasteiger partial charge >= 0.3 is 0 Å². The van der Waals surface area contributed by atoms with Gasteiger partial charge in [0.2, 0.25) is 5.91 Å². The largest absolute Gasteiger partial charge is 0.349 e. The highest BCUT2D eigenvalue weighted by atomic mass is 16.2. The van der Waals surface area contributed by atoms with Crippen LogP contribution in [0, 0.1) is 0 Å². The van der Waals surface area contributed by atoms with Gasteiger partial charge in [-0.1, -0.05) is 19.3 Å². The second kappa shape index (κ2) is 8.47. The van der Waals surface area contributed by atoms with Crippen molar-refractivity contribution in [3.63, 3.8) is 0 Å². The van der Waals surface area contributed by atoms with Gasteiger partial charge in [0.1, 0.15) is 5.82 Å². The Labute approximate surface area is 153 Å². The van der Waals surface area contributed by atoms with Gasteiger partial charge in [0.05, 0.1) is 0 Å². The molecule has 0 saturated heterocycles. The lowest BCUT2D eigenvalue weighted by Gasteiger charge is -2.22. The van der Waals surface area contributed by atoms with Crippen molar-refractivity contribution >= 4 is 29.0 Å². The number of aromatic nitrogens is 1. The molecule has 0 bridgehead atoms. The fourth-order valence-electron chi connectivity index (χ4n) is 3.14. The Balaban J connectivity index is 1.63. The van der Waals surface area contributed by atoms with E-state index in [1.54, 1.807) is 18.3 Å². The Bertz CT molecular complexity index is 768. The third-order valence-corrected chi connectivity index (χ3v) is 4.44. The Kier molecular flexibility index (Phi) is 5.84. The zero-order valence-corrected chi connectivity index (χ0v) is 14.9. The number of hydrogen-bond acceptors (Lipinski definition) is 4. The van der Waals surface area contributed by atoms with Crippen molar-refractivity contribution in [2.24, 2.45) is 0 Å². The highest BCUT2D eigenvalue weighted by molar-refractivity contribution is 5.95. The van der Waals surface area contributed by atoms with E-state index in [1.807, 2.05) is 24.3 Å². The predicted molar refractivity (Wildman–Crippen MR) is 103 cm³/mol. The number of carbonyl (C=O) groups is 2. The van der Waals surface area contributed by atoms with E-state index in [-0.39, 0.29) is 17.9 Å². The molecule has 1 saturated carbocycles. The smallest absolute Gasteiger partial charge is 0.251 e. The summed E-state index contributed by atoms with van der Waals surface area (Å²) in [4.78, 5) is 27.8. The minimum absolute atomic E-state index is 0.0524. The summed E-state index contributed by atoms with van der Waals surface area (Å²) in [6.07, 6.45) is 7.37. The molecule has 3 N–H and O–H groups in total. The van der Waals surface area contributed by atoms with Crippen LogP contribution >= 0.6 is 0 Å². The molecule has 6 heteroatoms. The highest BCUT2D eigenvalue weighted by Crippen LogP contribution is 2.20. The lowest BCUT2D eigenvalue weighted by Crippen LogP contribution is -2.36. The van der Waals surface area contributed by atoms with Crippen LogP contribution in [0.3, 0.4) is 0 Å². The van der Waals surface area contributed by atoms with Crippen LogP contribution in [0.1, 0.15) is 49.4 Å². The number of carbonyl (C=O) groups excluding carboxylic acids is 2. The first-order valence-corrected chi connectivity index (χ1v) is 9.02. The first-order chi connectivity index (χ1) is 12.6. The van der Waals surface area contributed by atoms with Gasteiger partial charge in [-0.2, -0.15) is 0 Å². The molecule has 0 aliphatic heterocycles. The van der Waals surface area contributed by atoms with E-state index in [1.165, 1.54) is 26.2 Å². The molecule has 2 amide bonds. The first-order valence-electron chi connectivity index (χ1n) is 9.02. The number of amides is 2. The van der Waals surface area contributed by atoms with Gasteiger partial charge in [0, 0.05) is 36.1 Å². The van der Waals surface area contributed by atoms with E-state index >= 15 is 0 Å². The molecule has 136 valence electrons. The van der Waals surface area contributed by atoms with Crippen LogP contribution in [0.15, 0.2) is 42.6 Å². The van der Waals surface area contributed by atoms with Crippen molar-refractivity contribution in [2.75, 3.05) is 10.6 Å². The van der Waals surface area contributed by atoms with Crippen molar-refractivity contribution in [2.45, 2.75) is 45.1 Å². The molecule has 1 fully saturated rings. The van der Waals surface area contributed by atoms with E-state index in [0.717, 1.165) is 24.2 Å². The first kappa shape index (κ1) is 17.9. The topological polar surface area (TPSA) is 83.1 Å². The Morgan fingerprint density at radius 1 is 1.00 bits per heavy atom. The average Bonchev–Trinajstić information content (AvgIpc) is 2.64. The lowest BCUT2D eigenvalue weighted by molar-refractivity contribution is -0.114. The number of pyridine rings is 1. The van der Waals surface area contributed by atoms with Gasteiger partial charge in [-0.3, -0.25) is 9.59 Å². The number of hydrogen-bond donors (Lipinski definition) is 3. The number of benzene rings is 1. The molecule has 3 rings (SSSR count). The molecule has 1 aromatic carbocycles. The van der Waals surface area contributed by atoms with Crippen molar-refractivity contribution < 1.29 is 9.59 Å². The number of anilines is 3. The van der Waals surface area contributed by atoms with Gasteiger partial charge in [-0.25, -0.2) is 4.98 Å². The van der Waals surface area contributed by atoms with Crippen LogP contribution < -0.4 is 16.0 Å². The monoisotopic (exact) mass is 352 g/mol. The Hall–Kier alpha value is -2.89. The fraction of sp³-hybridized carbons (Fsp3) is 0.350. The molecule has 1 aromatic heterocycles. The van der Waals surface area contributed by atoms with E-state index in [9.17, 15) is 9.59 Å². The van der Waals surface area contributed by atoms with E-state index in [0.29, 0.717) is 11.4 Å². The third-order valence-electron chi connectivity index (χ3n) is 4.44. The molecule has 26 heavy (non-hydrogen) atoms. The van der Waals surface area contributed by atoms with E-state index in [2.05, 4.69) is 20.9 Å². The molecule has 0 unspecified atom stereocenters. The van der Waals surface area contributed by atoms with Crippen molar-refractivity contribution in [3.05, 3.63) is 48.2 Å². The van der Waals surface area contributed by atoms with Gasteiger partial charge in [0.15, 0.2) is 0 Å². The maximum absolute atomic E-state index is 12.5. The summed E-state index contributed by atoms with van der Waals surface area (Å²) >= 11 is 0. The summed E-state index contributed by atoms with van der Waals surface area (Å²) < 4.78 is 0. The third kappa shape index (κ3) is 5.05. The van der Waals surface area contributed by atoms with Crippen molar-refractivity contribution in [3.8, 4) is 0 Å². The number of nitrogens with zero attached hydrogens (tertiary/aromatic N) is 1. The molecule has 0 radical (unpaired) electrons. The summed E-state index contributed by atoms with van der Waals surface area (Å²) in [6, 6.07) is 11.1. The van der Waals surface area contributed by atoms with E-state index in [4.69, 9.17) is 0 Å². The normalized spacial score (nSPS) is 14.5. The molecule has 1 aliphatic carbocycles. The maximum atomic E-state index is 12.5. The van der Waals surface area contributed by atoms with Crippen molar-refractivity contribution in [1.29, 1.82) is 0 Å². The molecule has 1 heterocycles. The summed E-state index contributed by atoms with van der Waals surface area (Å²) in [6.45, 7) is 1.47. The highest BCUT2D eigenvalue weighted by Gasteiger charge is 2.16. The second-order valence-corrected chi connectivity index (χ2v) is 6.62. The zero-order chi connectivity index (χ0) is 18.4. The number of rotatable bonds is 5. The second-order valence-electron chi connectivity index (χ2n) is 6.62. The van der Waals surface area contributed by atoms with Gasteiger partial charge < -0.3 is 16.0 Å². The van der Waals surface area contributed by atoms with Crippen LogP contribution in [-0.2, 0) is 4.79 Å². The molecule has 0 atom stereocenters. The zero-order valence-electron chi connectivity index (χ0n) is 14.9. The Morgan fingerprint density at radius 3 is 2.38 bits per heavy atom. The standard InChI is InChI=1S/C20H24N4O2/c1-14(25)22-17-7-9-18(10-8-17)23-19-13-15(11-12-21-19)20(26)24-16-5-3-2-4-6-16/h7-13,16H,2-6H2,1H3,(H,21,23)(H,22,25)(H,24,26). The van der Waals surface area contributed by atoms with Crippen LogP contribution in [0.25, 0.3) is 0 Å². The van der Waals surface area contributed by atoms with Gasteiger partial charge in [0.25, 0.3) is 5.91 Å². The number of nitrogens with one attached hydrogen (secondary N) is 3. The molecule has 1 aliphatic rings. The lowest BCUT2D eigenvalue weighted by atomic mass is 9.95. The molecular formula is C20H24N4O2. The minimum Gasteiger partial charge on any atom is -0.349 e. The predicted octanol–water partition coefficient (Wildman–Crippen LogP) is 3.85. The summed E-state index contributed by atoms with van der Waals surface area (Å²) in [7, 11) is 0. The van der Waals surface area contributed by atoms with Crippen LogP contribution in [-0.4, -0.2) is 22.8 Å². The maximum Gasteiger partial charge on any atom is 0.251 e. The Morgan fingerprint density at radius 2 is 1.69 bits per heavy atom. The van der Waals surface area contributed by atoms with Crippen LogP contribution in [0.5, 0.6) is 0 Å². The van der Waals surface area contributed by atoms with Gasteiger partial charge in [-0.05, 0) is 49.2 Å². The summed E-state index contributed by atoms with van der Waals surface area (Å²) in [5, 5.41) is 9.02. The fourth-order valence-corrected chi connectivity index (χ4v) is 3.14. The summed E-state index contributed by atoms with van der Waals surface area (Å²) in [5.74, 6) is 0.445. The summed E-state index contributed by atoms with van der Waals surface area (Å²) in [5.41, 5.74) is 2.16. The molecule has 6 nitrogen and oxygen atoms in total. The molecular weight excluding hydrogens is 328 g/mol. The molecule has 0 spiro atoms. The molecule has 2 aromatic rings.